The number of hydrogen-bond donors (Lipinski definition) is 0. The van der Waals surface area contributed by atoms with Crippen LogP contribution in [0.15, 0.2) is 30.6 Å². The molecule has 0 atom stereocenters. The van der Waals surface area contributed by atoms with Gasteiger partial charge < -0.3 is 0 Å². The molecular weight excluding hydrogens is 267 g/mol. The van der Waals surface area contributed by atoms with E-state index in [-0.39, 0.29) is 0 Å². The third-order valence-corrected chi connectivity index (χ3v) is 3.74. The quantitative estimate of drug-likeness (QED) is 0.758. The molecular formula is C14H17Cl2N2+. The molecule has 0 bridgehead atoms. The van der Waals surface area contributed by atoms with E-state index in [2.05, 4.69) is 42.4 Å². The third kappa shape index (κ3) is 2.55. The van der Waals surface area contributed by atoms with Gasteiger partial charge in [0.05, 0.1) is 13.0 Å². The Morgan fingerprint density at radius 2 is 1.83 bits per heavy atom. The Morgan fingerprint density at radius 1 is 1.22 bits per heavy atom. The van der Waals surface area contributed by atoms with Gasteiger partial charge in [0.2, 0.25) is 0 Å². The van der Waals surface area contributed by atoms with Crippen LogP contribution in [0.2, 0.25) is 10.0 Å². The second kappa shape index (κ2) is 5.33. The van der Waals surface area contributed by atoms with E-state index in [1.807, 2.05) is 18.2 Å². The van der Waals surface area contributed by atoms with Crippen molar-refractivity contribution in [3.8, 4) is 0 Å². The zero-order valence-corrected chi connectivity index (χ0v) is 12.3. The molecule has 0 aliphatic carbocycles. The number of nitrogens with zero attached hydrogens (tertiary/aromatic N) is 2. The number of aryl methyl sites for hydroxylation is 1. The average Bonchev–Trinajstić information content (AvgIpc) is 2.65. The van der Waals surface area contributed by atoms with Gasteiger partial charge in [-0.2, -0.15) is 0 Å². The molecule has 0 amide bonds. The van der Waals surface area contributed by atoms with E-state index in [0.29, 0.717) is 22.5 Å². The molecule has 2 rings (SSSR count). The summed E-state index contributed by atoms with van der Waals surface area (Å²) in [6.45, 7) is 5.06. The van der Waals surface area contributed by atoms with E-state index >= 15 is 0 Å². The van der Waals surface area contributed by atoms with Crippen LogP contribution in [0.1, 0.15) is 31.2 Å². The molecule has 0 fully saturated rings. The third-order valence-electron chi connectivity index (χ3n) is 3.03. The Kier molecular flexibility index (Phi) is 3.98. The first-order valence-corrected chi connectivity index (χ1v) is 6.74. The van der Waals surface area contributed by atoms with Gasteiger partial charge in [-0.25, -0.2) is 9.13 Å². The van der Waals surface area contributed by atoms with Crippen molar-refractivity contribution in [1.82, 2.24) is 4.57 Å². The van der Waals surface area contributed by atoms with Crippen LogP contribution in [-0.4, -0.2) is 4.57 Å². The van der Waals surface area contributed by atoms with Crippen LogP contribution in [0.4, 0.5) is 0 Å². The summed E-state index contributed by atoms with van der Waals surface area (Å²) in [5.74, 6) is 1.71. The summed E-state index contributed by atoms with van der Waals surface area (Å²) in [6.07, 6.45) is 4.12. The maximum atomic E-state index is 6.21. The second-order valence-corrected chi connectivity index (χ2v) is 5.56. The lowest BCUT2D eigenvalue weighted by Crippen LogP contribution is -2.33. The molecule has 96 valence electrons. The molecule has 0 radical (unpaired) electrons. The number of rotatable bonds is 3. The van der Waals surface area contributed by atoms with Crippen molar-refractivity contribution >= 4 is 23.2 Å². The molecule has 1 heterocycles. The lowest BCUT2D eigenvalue weighted by atomic mass is 10.2. The Hall–Kier alpha value is -0.990. The SMILES string of the molecule is CC(C)c1n(Cc2c(Cl)cccc2Cl)cc[n+]1C. The Morgan fingerprint density at radius 3 is 2.39 bits per heavy atom. The van der Waals surface area contributed by atoms with Gasteiger partial charge in [0, 0.05) is 15.6 Å². The normalized spacial score (nSPS) is 11.2. The molecule has 4 heteroatoms. The molecule has 0 saturated carbocycles. The lowest BCUT2D eigenvalue weighted by molar-refractivity contribution is -0.679. The van der Waals surface area contributed by atoms with Crippen LogP contribution in [0, 0.1) is 0 Å². The molecule has 0 spiro atoms. The van der Waals surface area contributed by atoms with Crippen molar-refractivity contribution in [2.45, 2.75) is 26.3 Å². The number of benzene rings is 1. The van der Waals surface area contributed by atoms with E-state index in [4.69, 9.17) is 23.2 Å². The second-order valence-electron chi connectivity index (χ2n) is 4.75. The summed E-state index contributed by atoms with van der Waals surface area (Å²) < 4.78 is 4.33. The largest absolute Gasteiger partial charge is 0.259 e. The molecule has 0 aliphatic heterocycles. The van der Waals surface area contributed by atoms with Crippen LogP contribution in [0.25, 0.3) is 0 Å². The fourth-order valence-corrected chi connectivity index (χ4v) is 2.78. The zero-order chi connectivity index (χ0) is 13.3. The van der Waals surface area contributed by atoms with Gasteiger partial charge in [-0.15, -0.1) is 0 Å². The average molecular weight is 284 g/mol. The first kappa shape index (κ1) is 13.4. The van der Waals surface area contributed by atoms with Crippen LogP contribution < -0.4 is 4.57 Å². The van der Waals surface area contributed by atoms with E-state index in [1.54, 1.807) is 0 Å². The number of hydrogen-bond acceptors (Lipinski definition) is 0. The first-order valence-electron chi connectivity index (χ1n) is 5.98. The van der Waals surface area contributed by atoms with E-state index in [9.17, 15) is 0 Å². The minimum absolute atomic E-state index is 0.450. The van der Waals surface area contributed by atoms with Crippen molar-refractivity contribution < 1.29 is 4.57 Å². The number of halogens is 2. The van der Waals surface area contributed by atoms with Gasteiger partial charge in [0.1, 0.15) is 18.9 Å². The molecule has 0 aliphatic rings. The molecule has 1 aromatic heterocycles. The smallest absolute Gasteiger partial charge is 0.237 e. The summed E-state index contributed by atoms with van der Waals surface area (Å²) >= 11 is 12.4. The minimum atomic E-state index is 0.450. The number of imidazole rings is 1. The summed E-state index contributed by atoms with van der Waals surface area (Å²) in [5.41, 5.74) is 0.971. The maximum Gasteiger partial charge on any atom is 0.259 e. The van der Waals surface area contributed by atoms with Crippen LogP contribution >= 0.6 is 23.2 Å². The van der Waals surface area contributed by atoms with Gasteiger partial charge in [0.25, 0.3) is 5.82 Å². The topological polar surface area (TPSA) is 8.81 Å². The Balaban J connectivity index is 2.41. The summed E-state index contributed by atoms with van der Waals surface area (Å²) in [5, 5.41) is 1.43. The van der Waals surface area contributed by atoms with Crippen LogP contribution in [-0.2, 0) is 13.6 Å². The van der Waals surface area contributed by atoms with Crippen molar-refractivity contribution in [2.24, 2.45) is 7.05 Å². The molecule has 1 aromatic carbocycles. The molecule has 0 saturated heterocycles. The molecule has 0 N–H and O–H groups in total. The van der Waals surface area contributed by atoms with E-state index in [0.717, 1.165) is 5.56 Å². The zero-order valence-electron chi connectivity index (χ0n) is 10.8. The molecule has 2 nitrogen and oxygen atoms in total. The monoisotopic (exact) mass is 283 g/mol. The van der Waals surface area contributed by atoms with Crippen molar-refractivity contribution in [3.63, 3.8) is 0 Å². The summed E-state index contributed by atoms with van der Waals surface area (Å²) in [6, 6.07) is 5.62. The standard InChI is InChI=1S/C14H17Cl2N2/c1-10(2)14-17(3)7-8-18(14)9-11-12(15)5-4-6-13(11)16/h4-8,10H,9H2,1-3H3/q+1. The molecule has 18 heavy (non-hydrogen) atoms. The molecule has 0 unspecified atom stereocenters. The first-order chi connectivity index (χ1) is 8.50. The lowest BCUT2D eigenvalue weighted by Gasteiger charge is -2.08. The van der Waals surface area contributed by atoms with Crippen LogP contribution in [0.5, 0.6) is 0 Å². The highest BCUT2D eigenvalue weighted by atomic mass is 35.5. The van der Waals surface area contributed by atoms with Gasteiger partial charge >= 0.3 is 0 Å². The fraction of sp³-hybridized carbons (Fsp3) is 0.357. The highest BCUT2D eigenvalue weighted by molar-refractivity contribution is 6.35. The van der Waals surface area contributed by atoms with E-state index in [1.165, 1.54) is 5.82 Å². The summed E-state index contributed by atoms with van der Waals surface area (Å²) in [4.78, 5) is 0. The van der Waals surface area contributed by atoms with Crippen molar-refractivity contribution in [3.05, 3.63) is 52.0 Å². The van der Waals surface area contributed by atoms with Gasteiger partial charge in [-0.3, -0.25) is 0 Å². The summed E-state index contributed by atoms with van der Waals surface area (Å²) in [7, 11) is 2.06. The molecule has 2 aromatic rings. The maximum absolute atomic E-state index is 6.21. The highest BCUT2D eigenvalue weighted by Crippen LogP contribution is 2.26. The fourth-order valence-electron chi connectivity index (χ4n) is 2.26. The van der Waals surface area contributed by atoms with Crippen molar-refractivity contribution in [2.75, 3.05) is 0 Å². The highest BCUT2D eigenvalue weighted by Gasteiger charge is 2.20. The Bertz CT molecular complexity index is 539. The van der Waals surface area contributed by atoms with Gasteiger partial charge in [-0.1, -0.05) is 43.1 Å². The van der Waals surface area contributed by atoms with Crippen molar-refractivity contribution in [1.29, 1.82) is 0 Å². The predicted octanol–water partition coefficient (Wildman–Crippen LogP) is 3.79. The number of aromatic nitrogens is 2. The minimum Gasteiger partial charge on any atom is -0.237 e. The van der Waals surface area contributed by atoms with Gasteiger partial charge in [-0.05, 0) is 12.1 Å². The van der Waals surface area contributed by atoms with Gasteiger partial charge in [0.15, 0.2) is 0 Å². The van der Waals surface area contributed by atoms with Crippen LogP contribution in [0.3, 0.4) is 0 Å². The Labute approximate surface area is 118 Å². The van der Waals surface area contributed by atoms with E-state index < -0.39 is 0 Å². The predicted molar refractivity (Wildman–Crippen MR) is 75.3 cm³/mol.